The SMILES string of the molecule is FC(F)(F)c1cccc2c(-c3cccc(NCc4[c]cccc4)c3)c(Cc3ccccc3)cnc12. The van der Waals surface area contributed by atoms with Crippen LogP contribution in [0.3, 0.4) is 0 Å². The van der Waals surface area contributed by atoms with Gasteiger partial charge in [0.1, 0.15) is 0 Å². The van der Waals surface area contributed by atoms with Gasteiger partial charge in [-0.1, -0.05) is 78.9 Å². The molecular weight excluding hydrogens is 445 g/mol. The Morgan fingerprint density at radius 1 is 0.829 bits per heavy atom. The topological polar surface area (TPSA) is 24.9 Å². The molecule has 35 heavy (non-hydrogen) atoms. The fraction of sp³-hybridized carbons (Fsp3) is 0.100. The number of benzene rings is 4. The molecule has 0 saturated carbocycles. The van der Waals surface area contributed by atoms with Crippen LogP contribution in [0.15, 0.2) is 103 Å². The lowest BCUT2D eigenvalue weighted by molar-refractivity contribution is -0.136. The van der Waals surface area contributed by atoms with Crippen molar-refractivity contribution in [2.45, 2.75) is 19.1 Å². The molecule has 0 spiro atoms. The van der Waals surface area contributed by atoms with E-state index < -0.39 is 11.7 Å². The van der Waals surface area contributed by atoms with Gasteiger partial charge in [-0.3, -0.25) is 4.98 Å². The van der Waals surface area contributed by atoms with E-state index in [4.69, 9.17) is 0 Å². The highest BCUT2D eigenvalue weighted by Gasteiger charge is 2.33. The first-order valence-electron chi connectivity index (χ1n) is 11.3. The summed E-state index contributed by atoms with van der Waals surface area (Å²) in [7, 11) is 0. The number of aromatic nitrogens is 1. The van der Waals surface area contributed by atoms with Crippen molar-refractivity contribution in [1.82, 2.24) is 4.98 Å². The van der Waals surface area contributed by atoms with Crippen LogP contribution in [0, 0.1) is 6.07 Å². The lowest BCUT2D eigenvalue weighted by Crippen LogP contribution is -2.07. The minimum atomic E-state index is -4.49. The highest BCUT2D eigenvalue weighted by molar-refractivity contribution is 5.98. The number of hydrogen-bond donors (Lipinski definition) is 1. The number of pyridine rings is 1. The van der Waals surface area contributed by atoms with Gasteiger partial charge in [0.05, 0.1) is 11.1 Å². The zero-order valence-electron chi connectivity index (χ0n) is 18.8. The number of fused-ring (bicyclic) bond motifs is 1. The van der Waals surface area contributed by atoms with Gasteiger partial charge < -0.3 is 5.32 Å². The summed E-state index contributed by atoms with van der Waals surface area (Å²) >= 11 is 0. The van der Waals surface area contributed by atoms with Crippen molar-refractivity contribution >= 4 is 16.6 Å². The summed E-state index contributed by atoms with van der Waals surface area (Å²) in [5, 5.41) is 3.88. The van der Waals surface area contributed by atoms with Crippen LogP contribution >= 0.6 is 0 Å². The number of rotatable bonds is 6. The van der Waals surface area contributed by atoms with Crippen LogP contribution in [-0.2, 0) is 19.1 Å². The van der Waals surface area contributed by atoms with Crippen LogP contribution in [0.25, 0.3) is 22.0 Å². The highest BCUT2D eigenvalue weighted by atomic mass is 19.4. The Morgan fingerprint density at radius 3 is 2.40 bits per heavy atom. The molecule has 0 fully saturated rings. The van der Waals surface area contributed by atoms with E-state index in [0.717, 1.165) is 39.6 Å². The van der Waals surface area contributed by atoms with Crippen molar-refractivity contribution in [1.29, 1.82) is 0 Å². The quantitative estimate of drug-likeness (QED) is 0.274. The van der Waals surface area contributed by atoms with Crippen molar-refractivity contribution < 1.29 is 13.2 Å². The third kappa shape index (κ3) is 5.04. The van der Waals surface area contributed by atoms with E-state index in [1.54, 1.807) is 12.3 Å². The van der Waals surface area contributed by atoms with E-state index >= 15 is 0 Å². The summed E-state index contributed by atoms with van der Waals surface area (Å²) in [6.45, 7) is 0.594. The first-order chi connectivity index (χ1) is 17.0. The molecule has 0 atom stereocenters. The largest absolute Gasteiger partial charge is 0.418 e. The molecule has 0 unspecified atom stereocenters. The predicted octanol–water partition coefficient (Wildman–Crippen LogP) is 7.92. The Morgan fingerprint density at radius 2 is 1.63 bits per heavy atom. The first kappa shape index (κ1) is 22.7. The molecule has 0 aliphatic rings. The van der Waals surface area contributed by atoms with Crippen molar-refractivity contribution in [3.05, 3.63) is 132 Å². The van der Waals surface area contributed by atoms with Gasteiger partial charge in [-0.25, -0.2) is 0 Å². The first-order valence-corrected chi connectivity index (χ1v) is 11.3. The maximum absolute atomic E-state index is 13.8. The molecule has 173 valence electrons. The molecule has 1 heterocycles. The van der Waals surface area contributed by atoms with Gasteiger partial charge in [-0.05, 0) is 58.5 Å². The van der Waals surface area contributed by atoms with Gasteiger partial charge >= 0.3 is 6.18 Å². The molecule has 0 amide bonds. The highest BCUT2D eigenvalue weighted by Crippen LogP contribution is 2.39. The molecule has 5 aromatic rings. The van der Waals surface area contributed by atoms with Crippen molar-refractivity contribution in [2.24, 2.45) is 0 Å². The second-order valence-corrected chi connectivity index (χ2v) is 8.34. The lowest BCUT2D eigenvalue weighted by Gasteiger charge is -2.17. The molecule has 4 aromatic carbocycles. The van der Waals surface area contributed by atoms with Gasteiger partial charge in [0.15, 0.2) is 0 Å². The Bertz CT molecular complexity index is 1450. The molecule has 5 heteroatoms. The fourth-order valence-electron chi connectivity index (χ4n) is 4.31. The number of anilines is 1. The van der Waals surface area contributed by atoms with E-state index in [1.165, 1.54) is 6.07 Å². The number of alkyl halides is 3. The second kappa shape index (κ2) is 9.63. The summed E-state index contributed by atoms with van der Waals surface area (Å²) in [5.74, 6) is 0. The molecule has 0 aliphatic heterocycles. The van der Waals surface area contributed by atoms with Gasteiger partial charge in [-0.15, -0.1) is 0 Å². The minimum Gasteiger partial charge on any atom is -0.381 e. The van der Waals surface area contributed by atoms with E-state index in [2.05, 4.69) is 16.4 Å². The summed E-state index contributed by atoms with van der Waals surface area (Å²) < 4.78 is 41.3. The maximum atomic E-state index is 13.8. The van der Waals surface area contributed by atoms with Crippen LogP contribution in [0.4, 0.5) is 18.9 Å². The van der Waals surface area contributed by atoms with Crippen molar-refractivity contribution in [3.8, 4) is 11.1 Å². The van der Waals surface area contributed by atoms with Crippen LogP contribution in [0.5, 0.6) is 0 Å². The standard InChI is InChI=1S/C30H22F3N2/c31-30(32,33)27-16-8-15-26-28(24(20-35-29(26)27)17-21-9-3-1-4-10-21)23-13-7-14-25(18-23)34-19-22-11-5-2-6-12-22/h1-11,13-16,18,20,34H,17,19H2. The van der Waals surface area contributed by atoms with E-state index in [-0.39, 0.29) is 5.52 Å². The monoisotopic (exact) mass is 467 g/mol. The van der Waals surface area contributed by atoms with E-state index in [0.29, 0.717) is 18.4 Å². The Kier molecular flexibility index (Phi) is 6.23. The van der Waals surface area contributed by atoms with Gasteiger partial charge in [-0.2, -0.15) is 13.2 Å². The van der Waals surface area contributed by atoms with Crippen LogP contribution < -0.4 is 5.32 Å². The third-order valence-electron chi connectivity index (χ3n) is 5.93. The van der Waals surface area contributed by atoms with E-state index in [1.807, 2.05) is 78.9 Å². The summed E-state index contributed by atoms with van der Waals surface area (Å²) in [6, 6.07) is 32.8. The van der Waals surface area contributed by atoms with Crippen LogP contribution in [-0.4, -0.2) is 4.98 Å². The van der Waals surface area contributed by atoms with Crippen molar-refractivity contribution in [3.63, 3.8) is 0 Å². The molecule has 1 N–H and O–H groups in total. The van der Waals surface area contributed by atoms with Crippen molar-refractivity contribution in [2.75, 3.05) is 5.32 Å². The van der Waals surface area contributed by atoms with Crippen LogP contribution in [0.2, 0.25) is 0 Å². The Balaban J connectivity index is 1.62. The number of para-hydroxylation sites is 1. The Labute approximate surface area is 202 Å². The molecule has 1 radical (unpaired) electrons. The summed E-state index contributed by atoms with van der Waals surface area (Å²) in [5.41, 5.74) is 4.67. The lowest BCUT2D eigenvalue weighted by atomic mass is 9.91. The maximum Gasteiger partial charge on any atom is 0.418 e. The van der Waals surface area contributed by atoms with Gasteiger partial charge in [0.2, 0.25) is 0 Å². The normalized spacial score (nSPS) is 11.5. The molecular formula is C30H22F3N2. The van der Waals surface area contributed by atoms with Gasteiger partial charge in [0, 0.05) is 23.8 Å². The number of hydrogen-bond acceptors (Lipinski definition) is 2. The average Bonchev–Trinajstić information content (AvgIpc) is 2.88. The predicted molar refractivity (Wildman–Crippen MR) is 134 cm³/mol. The second-order valence-electron chi connectivity index (χ2n) is 8.34. The smallest absolute Gasteiger partial charge is 0.381 e. The molecule has 0 bridgehead atoms. The summed E-state index contributed by atoms with van der Waals surface area (Å²) in [4.78, 5) is 4.29. The Hall–Kier alpha value is -4.12. The molecule has 1 aromatic heterocycles. The van der Waals surface area contributed by atoms with Crippen LogP contribution in [0.1, 0.15) is 22.3 Å². The third-order valence-corrected chi connectivity index (χ3v) is 5.93. The van der Waals surface area contributed by atoms with E-state index in [9.17, 15) is 13.2 Å². The molecule has 0 saturated heterocycles. The number of nitrogens with one attached hydrogen (secondary N) is 1. The number of nitrogens with zero attached hydrogens (tertiary/aromatic N) is 1. The zero-order valence-corrected chi connectivity index (χ0v) is 18.8. The average molecular weight is 468 g/mol. The summed E-state index contributed by atoms with van der Waals surface area (Å²) in [6.07, 6.45) is -2.34. The zero-order chi connectivity index (χ0) is 24.3. The minimum absolute atomic E-state index is 0.0379. The fourth-order valence-corrected chi connectivity index (χ4v) is 4.31. The molecule has 5 rings (SSSR count). The number of halogens is 3. The van der Waals surface area contributed by atoms with Gasteiger partial charge in [0.25, 0.3) is 0 Å². The molecule has 0 aliphatic carbocycles. The molecule has 2 nitrogen and oxygen atoms in total.